The molecule has 0 spiro atoms. The van der Waals surface area contributed by atoms with E-state index in [1.165, 1.54) is 45.3 Å². The number of halogens is 1. The van der Waals surface area contributed by atoms with Crippen LogP contribution in [0.1, 0.15) is 27.6 Å². The van der Waals surface area contributed by atoms with Crippen LogP contribution in [0.5, 0.6) is 0 Å². The average Bonchev–Trinajstić information content (AvgIpc) is 2.66. The van der Waals surface area contributed by atoms with Gasteiger partial charge in [-0.05, 0) is 42.5 Å². The first kappa shape index (κ1) is 22.5. The molecule has 0 saturated carbocycles. The number of Topliss-reactive ketones (excluding diaryl/α,β-unsaturated/α-hetero) is 1. The van der Waals surface area contributed by atoms with Crippen LogP contribution in [-0.4, -0.2) is 51.1 Å². The first-order chi connectivity index (χ1) is 13.5. The number of ether oxygens (including phenoxy) is 1. The number of nitrogens with zero attached hydrogens (tertiary/aromatic N) is 1. The Morgan fingerprint density at radius 1 is 1.03 bits per heavy atom. The second kappa shape index (κ2) is 9.17. The number of carbonyl (C=O) groups is 3. The van der Waals surface area contributed by atoms with Crippen molar-refractivity contribution in [3.05, 3.63) is 58.6 Å². The van der Waals surface area contributed by atoms with Crippen molar-refractivity contribution in [1.29, 1.82) is 0 Å². The Morgan fingerprint density at radius 3 is 2.17 bits per heavy atom. The summed E-state index contributed by atoms with van der Waals surface area (Å²) in [5, 5.41) is 2.54. The standard InChI is InChI=1S/C19H19ClN2O6S/c1-12(23)21-15-7-4-13(5-8-15)17(24)11-28-19(25)14-6-9-16(20)18(10-14)29(26,27)22(2)3/h4-10H,11H2,1-3H3,(H,21,23). The number of benzene rings is 2. The third-order valence-electron chi connectivity index (χ3n) is 3.79. The Morgan fingerprint density at radius 2 is 1.62 bits per heavy atom. The van der Waals surface area contributed by atoms with Crippen LogP contribution < -0.4 is 5.32 Å². The minimum atomic E-state index is -3.85. The van der Waals surface area contributed by atoms with Gasteiger partial charge in [0.25, 0.3) is 0 Å². The van der Waals surface area contributed by atoms with Gasteiger partial charge in [-0.2, -0.15) is 0 Å². The predicted molar refractivity (Wildman–Crippen MR) is 108 cm³/mol. The van der Waals surface area contributed by atoms with Gasteiger partial charge in [-0.1, -0.05) is 11.6 Å². The number of esters is 1. The summed E-state index contributed by atoms with van der Waals surface area (Å²) < 4.78 is 30.5. The Hall–Kier alpha value is -2.75. The molecule has 0 bridgehead atoms. The van der Waals surface area contributed by atoms with Crippen molar-refractivity contribution in [3.8, 4) is 0 Å². The average molecular weight is 439 g/mol. The highest BCUT2D eigenvalue weighted by atomic mass is 35.5. The molecule has 0 unspecified atom stereocenters. The molecular weight excluding hydrogens is 420 g/mol. The zero-order valence-corrected chi connectivity index (χ0v) is 17.5. The maximum absolute atomic E-state index is 12.3. The van der Waals surface area contributed by atoms with E-state index in [0.717, 1.165) is 10.4 Å². The lowest BCUT2D eigenvalue weighted by Gasteiger charge is -2.13. The first-order valence-electron chi connectivity index (χ1n) is 8.32. The maximum Gasteiger partial charge on any atom is 0.338 e. The third kappa shape index (κ3) is 5.63. The van der Waals surface area contributed by atoms with Gasteiger partial charge in [0.15, 0.2) is 12.4 Å². The number of nitrogens with one attached hydrogen (secondary N) is 1. The Kier molecular flexibility index (Phi) is 7.12. The largest absolute Gasteiger partial charge is 0.454 e. The van der Waals surface area contributed by atoms with Gasteiger partial charge in [0.2, 0.25) is 15.9 Å². The van der Waals surface area contributed by atoms with Gasteiger partial charge < -0.3 is 10.1 Å². The number of hydrogen-bond donors (Lipinski definition) is 1. The summed E-state index contributed by atoms with van der Waals surface area (Å²) in [5.74, 6) is -1.56. The molecule has 8 nitrogen and oxygen atoms in total. The lowest BCUT2D eigenvalue weighted by molar-refractivity contribution is -0.114. The lowest BCUT2D eigenvalue weighted by Crippen LogP contribution is -2.23. The second-order valence-electron chi connectivity index (χ2n) is 6.19. The number of hydrogen-bond acceptors (Lipinski definition) is 6. The van der Waals surface area contributed by atoms with Crippen LogP contribution in [0.15, 0.2) is 47.4 Å². The van der Waals surface area contributed by atoms with Crippen molar-refractivity contribution in [3.63, 3.8) is 0 Å². The maximum atomic E-state index is 12.3. The third-order valence-corrected chi connectivity index (χ3v) is 6.08. The number of anilines is 1. The number of rotatable bonds is 7. The summed E-state index contributed by atoms with van der Waals surface area (Å²) >= 11 is 5.94. The zero-order chi connectivity index (χ0) is 21.8. The molecular formula is C19H19ClN2O6S. The van der Waals surface area contributed by atoms with E-state index in [-0.39, 0.29) is 21.4 Å². The van der Waals surface area contributed by atoms with Crippen LogP contribution >= 0.6 is 11.6 Å². The van der Waals surface area contributed by atoms with E-state index in [2.05, 4.69) is 5.32 Å². The molecule has 0 aliphatic carbocycles. The van der Waals surface area contributed by atoms with E-state index in [4.69, 9.17) is 16.3 Å². The van der Waals surface area contributed by atoms with Crippen molar-refractivity contribution in [2.75, 3.05) is 26.0 Å². The van der Waals surface area contributed by atoms with Crippen LogP contribution in [0.2, 0.25) is 5.02 Å². The predicted octanol–water partition coefficient (Wildman–Crippen LogP) is 2.59. The molecule has 0 aliphatic heterocycles. The first-order valence-corrected chi connectivity index (χ1v) is 10.1. The van der Waals surface area contributed by atoms with Crippen LogP contribution in [0.25, 0.3) is 0 Å². The molecule has 0 saturated heterocycles. The van der Waals surface area contributed by atoms with E-state index in [1.54, 1.807) is 12.1 Å². The van der Waals surface area contributed by atoms with Crippen LogP contribution in [0, 0.1) is 0 Å². The van der Waals surface area contributed by atoms with Gasteiger partial charge in [-0.15, -0.1) is 0 Å². The van der Waals surface area contributed by atoms with E-state index < -0.39 is 28.4 Å². The Balaban J connectivity index is 2.09. The van der Waals surface area contributed by atoms with Crippen molar-refractivity contribution >= 4 is 45.0 Å². The fraction of sp³-hybridized carbons (Fsp3) is 0.211. The molecule has 2 aromatic carbocycles. The SMILES string of the molecule is CC(=O)Nc1ccc(C(=O)COC(=O)c2ccc(Cl)c(S(=O)(=O)N(C)C)c2)cc1. The molecule has 1 N–H and O–H groups in total. The van der Waals surface area contributed by atoms with Gasteiger partial charge in [0.05, 0.1) is 10.6 Å². The van der Waals surface area contributed by atoms with Crippen LogP contribution in [-0.2, 0) is 19.6 Å². The van der Waals surface area contributed by atoms with Crippen molar-refractivity contribution in [2.45, 2.75) is 11.8 Å². The number of amides is 1. The van der Waals surface area contributed by atoms with Crippen LogP contribution in [0.3, 0.4) is 0 Å². The molecule has 0 aromatic heterocycles. The van der Waals surface area contributed by atoms with Gasteiger partial charge in [0.1, 0.15) is 4.90 Å². The molecule has 0 aliphatic rings. The summed E-state index contributed by atoms with van der Waals surface area (Å²) in [6.45, 7) is 0.835. The second-order valence-corrected chi connectivity index (χ2v) is 8.72. The number of sulfonamides is 1. The normalized spacial score (nSPS) is 11.2. The van der Waals surface area contributed by atoms with Gasteiger partial charge in [-0.3, -0.25) is 9.59 Å². The van der Waals surface area contributed by atoms with E-state index in [0.29, 0.717) is 11.3 Å². The Bertz CT molecular complexity index is 1050. The molecule has 0 fully saturated rings. The van der Waals surface area contributed by atoms with Crippen LogP contribution in [0.4, 0.5) is 5.69 Å². The molecule has 2 aromatic rings. The quantitative estimate of drug-likeness (QED) is 0.525. The highest BCUT2D eigenvalue weighted by Crippen LogP contribution is 2.25. The van der Waals surface area contributed by atoms with E-state index in [9.17, 15) is 22.8 Å². The molecule has 29 heavy (non-hydrogen) atoms. The highest BCUT2D eigenvalue weighted by molar-refractivity contribution is 7.89. The highest BCUT2D eigenvalue weighted by Gasteiger charge is 2.23. The summed E-state index contributed by atoms with van der Waals surface area (Å²) in [6, 6.07) is 9.77. The molecule has 10 heteroatoms. The van der Waals surface area contributed by atoms with E-state index in [1.807, 2.05) is 0 Å². The zero-order valence-electron chi connectivity index (χ0n) is 15.9. The molecule has 154 valence electrons. The molecule has 0 atom stereocenters. The monoisotopic (exact) mass is 438 g/mol. The lowest BCUT2D eigenvalue weighted by atomic mass is 10.1. The summed E-state index contributed by atoms with van der Waals surface area (Å²) in [6.07, 6.45) is 0. The Labute approximate surface area is 173 Å². The minimum Gasteiger partial charge on any atom is -0.454 e. The molecule has 1 amide bonds. The van der Waals surface area contributed by atoms with Crippen molar-refractivity contribution < 1.29 is 27.5 Å². The fourth-order valence-corrected chi connectivity index (χ4v) is 3.66. The molecule has 0 heterocycles. The smallest absolute Gasteiger partial charge is 0.338 e. The van der Waals surface area contributed by atoms with Gasteiger partial charge >= 0.3 is 5.97 Å². The minimum absolute atomic E-state index is 0.0365. The van der Waals surface area contributed by atoms with Crippen molar-refractivity contribution in [2.24, 2.45) is 0 Å². The molecule has 2 rings (SSSR count). The van der Waals surface area contributed by atoms with Gasteiger partial charge in [-0.25, -0.2) is 17.5 Å². The number of ketones is 1. The topological polar surface area (TPSA) is 110 Å². The summed E-state index contributed by atoms with van der Waals surface area (Å²) in [5.41, 5.74) is 0.768. The summed E-state index contributed by atoms with van der Waals surface area (Å²) in [7, 11) is -1.17. The number of carbonyl (C=O) groups excluding carboxylic acids is 3. The summed E-state index contributed by atoms with van der Waals surface area (Å²) in [4.78, 5) is 35.2. The fourth-order valence-electron chi connectivity index (χ4n) is 2.27. The van der Waals surface area contributed by atoms with E-state index >= 15 is 0 Å². The van der Waals surface area contributed by atoms with Crippen molar-refractivity contribution in [1.82, 2.24) is 4.31 Å². The van der Waals surface area contributed by atoms with Gasteiger partial charge in [0, 0.05) is 32.3 Å². The molecule has 0 radical (unpaired) electrons.